The van der Waals surface area contributed by atoms with Crippen LogP contribution < -0.4 is 5.32 Å². The summed E-state index contributed by atoms with van der Waals surface area (Å²) >= 11 is 1.62. The Morgan fingerprint density at radius 3 is 2.86 bits per heavy atom. The zero-order chi connectivity index (χ0) is 16.1. The molecule has 0 aliphatic heterocycles. The molecule has 1 aromatic carbocycles. The summed E-state index contributed by atoms with van der Waals surface area (Å²) in [4.78, 5) is 22.8. The first kappa shape index (κ1) is 16.0. The van der Waals surface area contributed by atoms with Gasteiger partial charge in [0.25, 0.3) is 0 Å². The summed E-state index contributed by atoms with van der Waals surface area (Å²) in [5.41, 5.74) is 1.11. The zero-order valence-corrected chi connectivity index (χ0v) is 13.0. The monoisotopic (exact) mass is 320 g/mol. The number of carboxylic acids is 1. The normalized spacial score (nSPS) is 11.9. The maximum absolute atomic E-state index is 12.0. The van der Waals surface area contributed by atoms with E-state index in [4.69, 9.17) is 5.11 Å². The molecule has 22 heavy (non-hydrogen) atoms. The van der Waals surface area contributed by atoms with E-state index in [1.54, 1.807) is 36.0 Å². The van der Waals surface area contributed by atoms with Crippen molar-refractivity contribution in [2.45, 2.75) is 6.92 Å². The van der Waals surface area contributed by atoms with Crippen LogP contribution in [0.25, 0.3) is 5.69 Å². The van der Waals surface area contributed by atoms with Crippen molar-refractivity contribution in [3.05, 3.63) is 36.2 Å². The van der Waals surface area contributed by atoms with Crippen LogP contribution in [0.5, 0.6) is 0 Å². The molecule has 0 aliphatic carbocycles. The minimum atomic E-state index is -1.14. The molecule has 7 nitrogen and oxygen atoms in total. The highest BCUT2D eigenvalue weighted by Gasteiger charge is 2.13. The van der Waals surface area contributed by atoms with Gasteiger partial charge in [-0.2, -0.15) is 11.8 Å². The van der Waals surface area contributed by atoms with Crippen LogP contribution >= 0.6 is 11.8 Å². The summed E-state index contributed by atoms with van der Waals surface area (Å²) in [6.45, 7) is 1.87. The molecule has 0 spiro atoms. The van der Waals surface area contributed by atoms with Crippen LogP contribution in [0.3, 0.4) is 0 Å². The highest BCUT2D eigenvalue weighted by Crippen LogP contribution is 2.16. The number of aromatic carboxylic acids is 1. The van der Waals surface area contributed by atoms with Gasteiger partial charge in [0, 0.05) is 17.4 Å². The van der Waals surface area contributed by atoms with Crippen molar-refractivity contribution in [1.29, 1.82) is 0 Å². The molecule has 1 atom stereocenters. The Balaban J connectivity index is 2.15. The van der Waals surface area contributed by atoms with Crippen LogP contribution in [0.15, 0.2) is 30.5 Å². The van der Waals surface area contributed by atoms with Crippen LogP contribution in [0.2, 0.25) is 0 Å². The first-order chi connectivity index (χ1) is 10.5. The fourth-order valence-corrected chi connectivity index (χ4v) is 2.46. The van der Waals surface area contributed by atoms with Crippen molar-refractivity contribution < 1.29 is 14.7 Å². The fourth-order valence-electron chi connectivity index (χ4n) is 1.81. The van der Waals surface area contributed by atoms with Crippen LogP contribution in [0.4, 0.5) is 5.69 Å². The van der Waals surface area contributed by atoms with E-state index in [1.807, 2.05) is 13.2 Å². The summed E-state index contributed by atoms with van der Waals surface area (Å²) in [6, 6.07) is 6.99. The maximum Gasteiger partial charge on any atom is 0.358 e. The van der Waals surface area contributed by atoms with E-state index in [0.717, 1.165) is 5.75 Å². The second kappa shape index (κ2) is 7.08. The van der Waals surface area contributed by atoms with Gasteiger partial charge in [0.2, 0.25) is 5.91 Å². The van der Waals surface area contributed by atoms with Gasteiger partial charge < -0.3 is 10.4 Å². The topological polar surface area (TPSA) is 97.1 Å². The molecule has 0 saturated carbocycles. The molecule has 0 bridgehead atoms. The van der Waals surface area contributed by atoms with E-state index in [2.05, 4.69) is 15.6 Å². The van der Waals surface area contributed by atoms with Crippen LogP contribution in [-0.2, 0) is 4.79 Å². The lowest BCUT2D eigenvalue weighted by atomic mass is 10.2. The SMILES string of the molecule is CSCC(C)C(=O)Nc1cccc(-n2cc(C(=O)O)nn2)c1. The Morgan fingerprint density at radius 2 is 2.23 bits per heavy atom. The third-order valence-corrected chi connectivity index (χ3v) is 3.79. The summed E-state index contributed by atoms with van der Waals surface area (Å²) in [7, 11) is 0. The summed E-state index contributed by atoms with van der Waals surface area (Å²) in [6.07, 6.45) is 3.27. The number of carboxylic acid groups (broad SMARTS) is 1. The number of aromatic nitrogens is 3. The number of hydrogen-bond donors (Lipinski definition) is 2. The number of thioether (sulfide) groups is 1. The minimum absolute atomic E-state index is 0.0590. The molecule has 1 aromatic heterocycles. The Bertz CT molecular complexity index is 686. The van der Waals surface area contributed by atoms with Crippen LogP contribution in [0, 0.1) is 5.92 Å². The highest BCUT2D eigenvalue weighted by atomic mass is 32.2. The molecular formula is C14H16N4O3S. The lowest BCUT2D eigenvalue weighted by Gasteiger charge is -2.11. The predicted octanol–water partition coefficient (Wildman–Crippen LogP) is 1.90. The van der Waals surface area contributed by atoms with Crippen molar-refractivity contribution >= 4 is 29.3 Å². The highest BCUT2D eigenvalue weighted by molar-refractivity contribution is 7.98. The van der Waals surface area contributed by atoms with Crippen molar-refractivity contribution in [3.63, 3.8) is 0 Å². The van der Waals surface area contributed by atoms with Gasteiger partial charge in [0.1, 0.15) is 0 Å². The molecule has 0 fully saturated rings. The van der Waals surface area contributed by atoms with E-state index in [1.165, 1.54) is 10.9 Å². The molecule has 0 saturated heterocycles. The van der Waals surface area contributed by atoms with Gasteiger partial charge in [-0.25, -0.2) is 9.48 Å². The molecule has 0 aliphatic rings. The lowest BCUT2D eigenvalue weighted by molar-refractivity contribution is -0.118. The first-order valence-electron chi connectivity index (χ1n) is 6.57. The first-order valence-corrected chi connectivity index (χ1v) is 7.96. The van der Waals surface area contributed by atoms with E-state index in [-0.39, 0.29) is 17.5 Å². The van der Waals surface area contributed by atoms with Gasteiger partial charge in [-0.05, 0) is 24.5 Å². The molecule has 2 N–H and O–H groups in total. The number of nitrogens with zero attached hydrogens (tertiary/aromatic N) is 3. The summed E-state index contributed by atoms with van der Waals surface area (Å²) < 4.78 is 1.35. The standard InChI is InChI=1S/C14H16N4O3S/c1-9(8-22-2)13(19)15-10-4-3-5-11(6-10)18-7-12(14(20)21)16-17-18/h3-7,9H,8H2,1-2H3,(H,15,19)(H,20,21). The van der Waals surface area contributed by atoms with Crippen molar-refractivity contribution in [2.75, 3.05) is 17.3 Å². The molecular weight excluding hydrogens is 304 g/mol. The number of amides is 1. The lowest BCUT2D eigenvalue weighted by Crippen LogP contribution is -2.22. The van der Waals surface area contributed by atoms with E-state index < -0.39 is 5.97 Å². The number of hydrogen-bond acceptors (Lipinski definition) is 5. The quantitative estimate of drug-likeness (QED) is 0.844. The van der Waals surface area contributed by atoms with Gasteiger partial charge in [-0.3, -0.25) is 4.79 Å². The summed E-state index contributed by atoms with van der Waals surface area (Å²) in [5, 5.41) is 19.0. The smallest absolute Gasteiger partial charge is 0.358 e. The number of rotatable bonds is 6. The molecule has 1 heterocycles. The average Bonchev–Trinajstić information content (AvgIpc) is 2.98. The van der Waals surface area contributed by atoms with E-state index in [0.29, 0.717) is 11.4 Å². The van der Waals surface area contributed by atoms with Crippen molar-refractivity contribution in [3.8, 4) is 5.69 Å². The molecule has 116 valence electrons. The number of anilines is 1. The molecule has 2 aromatic rings. The predicted molar refractivity (Wildman–Crippen MR) is 84.5 cm³/mol. The van der Waals surface area contributed by atoms with E-state index in [9.17, 15) is 9.59 Å². The van der Waals surface area contributed by atoms with Crippen molar-refractivity contribution in [2.24, 2.45) is 5.92 Å². The molecule has 1 amide bonds. The number of carbonyl (C=O) groups excluding carboxylic acids is 1. The largest absolute Gasteiger partial charge is 0.476 e. The zero-order valence-electron chi connectivity index (χ0n) is 12.2. The molecule has 0 radical (unpaired) electrons. The van der Waals surface area contributed by atoms with Crippen LogP contribution in [0.1, 0.15) is 17.4 Å². The van der Waals surface area contributed by atoms with Crippen molar-refractivity contribution in [1.82, 2.24) is 15.0 Å². The van der Waals surface area contributed by atoms with Gasteiger partial charge in [-0.15, -0.1) is 5.10 Å². The van der Waals surface area contributed by atoms with Gasteiger partial charge in [-0.1, -0.05) is 18.2 Å². The van der Waals surface area contributed by atoms with E-state index >= 15 is 0 Å². The third-order valence-electron chi connectivity index (χ3n) is 2.95. The minimum Gasteiger partial charge on any atom is -0.476 e. The molecule has 2 rings (SSSR count). The molecule has 8 heteroatoms. The Labute approximate surface area is 131 Å². The average molecular weight is 320 g/mol. The fraction of sp³-hybridized carbons (Fsp3) is 0.286. The second-order valence-corrected chi connectivity index (χ2v) is 5.66. The summed E-state index contributed by atoms with van der Waals surface area (Å²) in [5.74, 6) is -0.544. The Hall–Kier alpha value is -2.35. The third kappa shape index (κ3) is 3.85. The number of carbonyl (C=O) groups is 2. The molecule has 1 unspecified atom stereocenters. The number of nitrogens with one attached hydrogen (secondary N) is 1. The maximum atomic E-state index is 12.0. The van der Waals surface area contributed by atoms with Gasteiger partial charge in [0.05, 0.1) is 11.9 Å². The van der Waals surface area contributed by atoms with Gasteiger partial charge in [0.15, 0.2) is 5.69 Å². The Morgan fingerprint density at radius 1 is 1.45 bits per heavy atom. The number of benzene rings is 1. The van der Waals surface area contributed by atoms with Gasteiger partial charge >= 0.3 is 5.97 Å². The van der Waals surface area contributed by atoms with Crippen LogP contribution in [-0.4, -0.2) is 44.0 Å². The Kier molecular flexibility index (Phi) is 5.16. The second-order valence-electron chi connectivity index (χ2n) is 4.75.